The molecule has 0 fully saturated rings. The number of carbonyl (C=O) groups excluding carboxylic acids is 1. The molecule has 1 amide bonds. The maximum Gasteiger partial charge on any atom is 0.256 e. The Morgan fingerprint density at radius 3 is 2.68 bits per heavy atom. The van der Waals surface area contributed by atoms with Gasteiger partial charge in [0.1, 0.15) is 0 Å². The van der Waals surface area contributed by atoms with Gasteiger partial charge in [-0.15, -0.1) is 0 Å². The maximum absolute atomic E-state index is 12.3. The quantitative estimate of drug-likeness (QED) is 0.712. The van der Waals surface area contributed by atoms with Gasteiger partial charge in [-0.3, -0.25) is 4.79 Å². The molecule has 1 N–H and O–H groups in total. The van der Waals surface area contributed by atoms with E-state index in [1.54, 1.807) is 24.3 Å². The number of carbonyl (C=O) groups is 1. The van der Waals surface area contributed by atoms with Crippen molar-refractivity contribution in [3.8, 4) is 0 Å². The first-order valence-corrected chi connectivity index (χ1v) is 7.47. The van der Waals surface area contributed by atoms with Crippen LogP contribution in [0.3, 0.4) is 0 Å². The van der Waals surface area contributed by atoms with E-state index in [1.165, 1.54) is 0 Å². The lowest BCUT2D eigenvalue weighted by molar-refractivity contribution is 0.102. The highest BCUT2D eigenvalue weighted by molar-refractivity contribution is 9.11. The van der Waals surface area contributed by atoms with Crippen molar-refractivity contribution in [3.63, 3.8) is 0 Å². The van der Waals surface area contributed by atoms with Gasteiger partial charge in [0.25, 0.3) is 5.91 Å². The second kappa shape index (κ2) is 6.07. The molecule has 0 spiro atoms. The third kappa shape index (κ3) is 3.38. The molecule has 0 unspecified atom stereocenters. The summed E-state index contributed by atoms with van der Waals surface area (Å²) in [5.41, 5.74) is 2.19. The van der Waals surface area contributed by atoms with Crippen molar-refractivity contribution in [1.29, 1.82) is 0 Å². The van der Waals surface area contributed by atoms with Gasteiger partial charge >= 0.3 is 0 Å². The number of hydrogen-bond acceptors (Lipinski definition) is 1. The van der Waals surface area contributed by atoms with Crippen LogP contribution in [0.5, 0.6) is 0 Å². The summed E-state index contributed by atoms with van der Waals surface area (Å²) in [6.07, 6.45) is 0. The number of aryl methyl sites for hydroxylation is 1. The van der Waals surface area contributed by atoms with Crippen molar-refractivity contribution >= 4 is 55.1 Å². The van der Waals surface area contributed by atoms with E-state index in [2.05, 4.69) is 37.2 Å². The minimum atomic E-state index is -0.165. The Hall–Kier alpha value is -0.840. The van der Waals surface area contributed by atoms with Crippen LogP contribution in [0.25, 0.3) is 0 Å². The predicted octanol–water partition coefficient (Wildman–Crippen LogP) is 5.43. The standard InChI is InChI=1S/C14H10Br2ClNO/c1-8-5-6-9(15)7-10(8)14(19)18-12-4-2-3-11(17)13(12)16/h2-7H,1H3,(H,18,19). The van der Waals surface area contributed by atoms with Crippen molar-refractivity contribution in [2.45, 2.75) is 6.92 Å². The van der Waals surface area contributed by atoms with Gasteiger partial charge in [0.15, 0.2) is 0 Å². The smallest absolute Gasteiger partial charge is 0.256 e. The van der Waals surface area contributed by atoms with Crippen LogP contribution in [0.4, 0.5) is 5.69 Å². The number of anilines is 1. The second-order valence-corrected chi connectivity index (χ2v) is 6.13. The third-order valence-corrected chi connectivity index (χ3v) is 4.53. The van der Waals surface area contributed by atoms with Crippen LogP contribution >= 0.6 is 43.5 Å². The summed E-state index contributed by atoms with van der Waals surface area (Å²) in [4.78, 5) is 12.3. The SMILES string of the molecule is Cc1ccc(Br)cc1C(=O)Nc1cccc(Cl)c1Br. The van der Waals surface area contributed by atoms with Gasteiger partial charge in [0.05, 0.1) is 15.2 Å². The van der Waals surface area contributed by atoms with E-state index in [-0.39, 0.29) is 5.91 Å². The summed E-state index contributed by atoms with van der Waals surface area (Å²) in [7, 11) is 0. The van der Waals surface area contributed by atoms with Crippen molar-refractivity contribution < 1.29 is 4.79 Å². The number of rotatable bonds is 2. The predicted molar refractivity (Wildman–Crippen MR) is 86.0 cm³/mol. The molecule has 98 valence electrons. The molecule has 2 rings (SSSR count). The maximum atomic E-state index is 12.3. The Kier molecular flexibility index (Phi) is 4.66. The van der Waals surface area contributed by atoms with E-state index in [4.69, 9.17) is 11.6 Å². The molecule has 0 aliphatic rings. The van der Waals surface area contributed by atoms with Gasteiger partial charge in [-0.2, -0.15) is 0 Å². The Bertz CT molecular complexity index is 643. The highest BCUT2D eigenvalue weighted by atomic mass is 79.9. The molecular formula is C14H10Br2ClNO. The minimum absolute atomic E-state index is 0.165. The van der Waals surface area contributed by atoms with Gasteiger partial charge in [-0.05, 0) is 52.7 Å². The Morgan fingerprint density at radius 1 is 1.21 bits per heavy atom. The molecule has 19 heavy (non-hydrogen) atoms. The summed E-state index contributed by atoms with van der Waals surface area (Å²) >= 11 is 12.7. The number of halogens is 3. The highest BCUT2D eigenvalue weighted by Crippen LogP contribution is 2.30. The normalized spacial score (nSPS) is 10.3. The van der Waals surface area contributed by atoms with Gasteiger partial charge in [-0.1, -0.05) is 39.7 Å². The Labute approximate surface area is 133 Å². The second-order valence-electron chi connectivity index (χ2n) is 4.01. The average Bonchev–Trinajstić information content (AvgIpc) is 2.38. The van der Waals surface area contributed by atoms with E-state index in [1.807, 2.05) is 19.1 Å². The van der Waals surface area contributed by atoms with Gasteiger partial charge in [0, 0.05) is 10.0 Å². The summed E-state index contributed by atoms with van der Waals surface area (Å²) in [5.74, 6) is -0.165. The van der Waals surface area contributed by atoms with Crippen LogP contribution in [0, 0.1) is 6.92 Å². The van der Waals surface area contributed by atoms with E-state index >= 15 is 0 Å². The zero-order chi connectivity index (χ0) is 14.0. The van der Waals surface area contributed by atoms with Crippen LogP contribution in [0.15, 0.2) is 45.3 Å². The number of benzene rings is 2. The third-order valence-electron chi connectivity index (χ3n) is 2.64. The van der Waals surface area contributed by atoms with Crippen molar-refractivity contribution in [2.75, 3.05) is 5.32 Å². The molecule has 2 nitrogen and oxygen atoms in total. The Morgan fingerprint density at radius 2 is 1.95 bits per heavy atom. The largest absolute Gasteiger partial charge is 0.321 e. The topological polar surface area (TPSA) is 29.1 Å². The highest BCUT2D eigenvalue weighted by Gasteiger charge is 2.12. The number of hydrogen-bond donors (Lipinski definition) is 1. The average molecular weight is 404 g/mol. The van der Waals surface area contributed by atoms with E-state index in [9.17, 15) is 4.79 Å². The molecule has 0 saturated heterocycles. The van der Waals surface area contributed by atoms with Crippen LogP contribution in [-0.2, 0) is 0 Å². The lowest BCUT2D eigenvalue weighted by atomic mass is 10.1. The first kappa shape index (κ1) is 14.6. The van der Waals surface area contributed by atoms with Crippen LogP contribution in [0.2, 0.25) is 5.02 Å². The fraction of sp³-hybridized carbons (Fsp3) is 0.0714. The number of nitrogens with one attached hydrogen (secondary N) is 1. The molecule has 2 aromatic carbocycles. The monoisotopic (exact) mass is 401 g/mol. The van der Waals surface area contributed by atoms with Crippen molar-refractivity contribution in [2.24, 2.45) is 0 Å². The lowest BCUT2D eigenvalue weighted by Crippen LogP contribution is -2.13. The van der Waals surface area contributed by atoms with E-state index < -0.39 is 0 Å². The van der Waals surface area contributed by atoms with Crippen LogP contribution in [0.1, 0.15) is 15.9 Å². The summed E-state index contributed by atoms with van der Waals surface area (Å²) in [5, 5.41) is 3.40. The first-order chi connectivity index (χ1) is 8.99. The van der Waals surface area contributed by atoms with E-state index in [0.29, 0.717) is 20.7 Å². The summed E-state index contributed by atoms with van der Waals surface area (Å²) in [6.45, 7) is 1.90. The molecule has 0 heterocycles. The molecule has 5 heteroatoms. The van der Waals surface area contributed by atoms with Gasteiger partial charge < -0.3 is 5.32 Å². The van der Waals surface area contributed by atoms with Crippen molar-refractivity contribution in [3.05, 3.63) is 61.5 Å². The van der Waals surface area contributed by atoms with Gasteiger partial charge in [0.2, 0.25) is 0 Å². The van der Waals surface area contributed by atoms with Crippen molar-refractivity contribution in [1.82, 2.24) is 0 Å². The summed E-state index contributed by atoms with van der Waals surface area (Å²) in [6, 6.07) is 10.9. The molecule has 2 aromatic rings. The molecule has 0 radical (unpaired) electrons. The molecule has 0 aliphatic heterocycles. The molecule has 0 atom stereocenters. The fourth-order valence-corrected chi connectivity index (χ4v) is 2.53. The Balaban J connectivity index is 2.31. The molecule has 0 aliphatic carbocycles. The lowest BCUT2D eigenvalue weighted by Gasteiger charge is -2.10. The minimum Gasteiger partial charge on any atom is -0.321 e. The molecule has 0 saturated carbocycles. The van der Waals surface area contributed by atoms with E-state index in [0.717, 1.165) is 10.0 Å². The molecule has 0 aromatic heterocycles. The van der Waals surface area contributed by atoms with Crippen LogP contribution in [-0.4, -0.2) is 5.91 Å². The zero-order valence-corrected chi connectivity index (χ0v) is 13.9. The summed E-state index contributed by atoms with van der Waals surface area (Å²) < 4.78 is 1.55. The fourth-order valence-electron chi connectivity index (χ4n) is 1.63. The molecular weight excluding hydrogens is 393 g/mol. The van der Waals surface area contributed by atoms with Crippen LogP contribution < -0.4 is 5.32 Å². The zero-order valence-electron chi connectivity index (χ0n) is 10.0. The molecule has 0 bridgehead atoms. The first-order valence-electron chi connectivity index (χ1n) is 5.50. The number of amides is 1. The van der Waals surface area contributed by atoms with Gasteiger partial charge in [-0.25, -0.2) is 0 Å².